The van der Waals surface area contributed by atoms with E-state index in [4.69, 9.17) is 47.6 Å². The maximum Gasteiger partial charge on any atom is 0.249 e. The quantitative estimate of drug-likeness (QED) is 0.123. The smallest absolute Gasteiger partial charge is 0.249 e. The lowest BCUT2D eigenvalue weighted by Crippen LogP contribution is -2.70. The highest BCUT2D eigenvalue weighted by Crippen LogP contribution is 2.32. The number of nitrogens with one attached hydrogen (secondary N) is 1. The monoisotopic (exact) mass is 568 g/mol. The van der Waals surface area contributed by atoms with Gasteiger partial charge in [0.25, 0.3) is 0 Å². The van der Waals surface area contributed by atoms with Crippen molar-refractivity contribution in [2.24, 2.45) is 28.7 Å². The summed E-state index contributed by atoms with van der Waals surface area (Å²) in [5.41, 5.74) is 29.3. The highest BCUT2D eigenvalue weighted by molar-refractivity contribution is 5.80. The number of aliphatic hydroxyl groups is 6. The number of ether oxygens (including phenoxy) is 4. The van der Waals surface area contributed by atoms with Crippen LogP contribution in [0.15, 0.2) is 0 Å². The van der Waals surface area contributed by atoms with Crippen molar-refractivity contribution in [3.05, 3.63) is 0 Å². The van der Waals surface area contributed by atoms with Crippen LogP contribution < -0.4 is 34.0 Å². The molecule has 2 saturated heterocycles. The van der Waals surface area contributed by atoms with Crippen molar-refractivity contribution < 1.29 is 54.4 Å². The lowest BCUT2D eigenvalue weighted by Gasteiger charge is -2.49. The third-order valence-corrected chi connectivity index (χ3v) is 7.57. The summed E-state index contributed by atoms with van der Waals surface area (Å²) < 4.78 is 23.2. The zero-order valence-electron chi connectivity index (χ0n) is 21.7. The molecule has 0 radical (unpaired) electrons. The summed E-state index contributed by atoms with van der Waals surface area (Å²) in [6, 6.07) is -4.17. The maximum atomic E-state index is 12.4. The van der Waals surface area contributed by atoms with E-state index < -0.39 is 104 Å². The Hall–Kier alpha value is -1.13. The van der Waals surface area contributed by atoms with Gasteiger partial charge < -0.3 is 83.6 Å². The first-order valence-electron chi connectivity index (χ1n) is 13.0. The number of carbonyl (C=O) groups excluding carboxylic acids is 1. The molecule has 228 valence electrons. The molecule has 17 N–H and O–H groups in total. The Kier molecular flexibility index (Phi) is 11.4. The molecule has 1 saturated carbocycles. The molecular formula is C22H44N6O11. The Balaban J connectivity index is 1.86. The van der Waals surface area contributed by atoms with Crippen LogP contribution in [0.2, 0.25) is 0 Å². The molecule has 0 aromatic carbocycles. The minimum atomic E-state index is -1.62. The molecule has 39 heavy (non-hydrogen) atoms. The summed E-state index contributed by atoms with van der Waals surface area (Å²) in [5.74, 6) is -0.792. The number of hydrogen-bond acceptors (Lipinski definition) is 16. The van der Waals surface area contributed by atoms with E-state index in [0.29, 0.717) is 0 Å². The molecule has 3 rings (SSSR count). The molecule has 2 aliphatic heterocycles. The number of carbonyl (C=O) groups is 1. The Labute approximate surface area is 225 Å². The Bertz CT molecular complexity index is 802. The van der Waals surface area contributed by atoms with E-state index >= 15 is 0 Å². The highest BCUT2D eigenvalue weighted by atomic mass is 16.7. The molecule has 1 aliphatic carbocycles. The van der Waals surface area contributed by atoms with Crippen molar-refractivity contribution in [3.63, 3.8) is 0 Å². The number of rotatable bonds is 9. The molecule has 0 spiro atoms. The van der Waals surface area contributed by atoms with Gasteiger partial charge in [0.15, 0.2) is 12.6 Å². The zero-order valence-corrected chi connectivity index (χ0v) is 21.7. The lowest BCUT2D eigenvalue weighted by molar-refractivity contribution is -0.329. The third kappa shape index (κ3) is 7.03. The Morgan fingerprint density at radius 3 is 2.13 bits per heavy atom. The van der Waals surface area contributed by atoms with Crippen molar-refractivity contribution in [2.75, 3.05) is 13.1 Å². The molecule has 2 heterocycles. The maximum absolute atomic E-state index is 12.4. The van der Waals surface area contributed by atoms with E-state index in [-0.39, 0.29) is 25.9 Å². The van der Waals surface area contributed by atoms with Crippen molar-refractivity contribution in [3.8, 4) is 0 Å². The van der Waals surface area contributed by atoms with Gasteiger partial charge in [0, 0.05) is 12.6 Å². The van der Waals surface area contributed by atoms with Crippen LogP contribution in [0, 0.1) is 0 Å². The van der Waals surface area contributed by atoms with Crippen LogP contribution in [0.25, 0.3) is 0 Å². The number of hydrogen-bond donors (Lipinski definition) is 12. The summed E-state index contributed by atoms with van der Waals surface area (Å²) in [5, 5.41) is 65.2. The summed E-state index contributed by atoms with van der Waals surface area (Å²) in [4.78, 5) is 12.4. The molecule has 0 aromatic rings. The van der Waals surface area contributed by atoms with Gasteiger partial charge in [0.2, 0.25) is 5.91 Å². The van der Waals surface area contributed by atoms with Crippen LogP contribution >= 0.6 is 0 Å². The topological polar surface area (TPSA) is 318 Å². The lowest BCUT2D eigenvalue weighted by atomic mass is 9.83. The number of nitrogens with two attached hydrogens (primary N) is 5. The molecule has 0 bridgehead atoms. The number of aliphatic hydroxyl groups excluding tert-OH is 6. The van der Waals surface area contributed by atoms with Crippen LogP contribution in [0.3, 0.4) is 0 Å². The predicted molar refractivity (Wildman–Crippen MR) is 132 cm³/mol. The van der Waals surface area contributed by atoms with Crippen LogP contribution in [0.5, 0.6) is 0 Å². The fraction of sp³-hybridized carbons (Fsp3) is 0.955. The highest BCUT2D eigenvalue weighted by Gasteiger charge is 2.52. The van der Waals surface area contributed by atoms with E-state index in [2.05, 4.69) is 5.32 Å². The number of amides is 1. The minimum absolute atomic E-state index is 0.0160. The first-order valence-corrected chi connectivity index (χ1v) is 13.0. The first kappa shape index (κ1) is 32.4. The third-order valence-electron chi connectivity index (χ3n) is 7.57. The van der Waals surface area contributed by atoms with Gasteiger partial charge in [-0.2, -0.15) is 0 Å². The second-order valence-corrected chi connectivity index (χ2v) is 10.4. The van der Waals surface area contributed by atoms with Gasteiger partial charge in [-0.15, -0.1) is 0 Å². The predicted octanol–water partition coefficient (Wildman–Crippen LogP) is -7.43. The van der Waals surface area contributed by atoms with Gasteiger partial charge in [-0.3, -0.25) is 4.79 Å². The van der Waals surface area contributed by atoms with Crippen LogP contribution in [0.4, 0.5) is 0 Å². The molecule has 17 nitrogen and oxygen atoms in total. The van der Waals surface area contributed by atoms with Gasteiger partial charge in [-0.05, 0) is 26.3 Å². The van der Waals surface area contributed by atoms with E-state index in [1.807, 2.05) is 0 Å². The average molecular weight is 569 g/mol. The fourth-order valence-corrected chi connectivity index (χ4v) is 5.02. The van der Waals surface area contributed by atoms with E-state index in [1.54, 1.807) is 6.92 Å². The molecule has 1 amide bonds. The van der Waals surface area contributed by atoms with E-state index in [9.17, 15) is 35.4 Å². The second kappa shape index (κ2) is 13.7. The van der Waals surface area contributed by atoms with Gasteiger partial charge in [-0.1, -0.05) is 0 Å². The van der Waals surface area contributed by atoms with Crippen molar-refractivity contribution >= 4 is 5.91 Å². The largest absolute Gasteiger partial charge is 0.388 e. The summed E-state index contributed by atoms with van der Waals surface area (Å²) in [6.07, 6.45) is -16.2. The van der Waals surface area contributed by atoms with E-state index in [1.165, 1.54) is 0 Å². The van der Waals surface area contributed by atoms with Crippen LogP contribution in [0.1, 0.15) is 19.8 Å². The Morgan fingerprint density at radius 1 is 0.897 bits per heavy atom. The van der Waals surface area contributed by atoms with Crippen molar-refractivity contribution in [2.45, 2.75) is 118 Å². The zero-order chi connectivity index (χ0) is 29.2. The standard InChI is InChI=1S/C22H44N6O11/c1-6-11(26)15(32)17(34)22(36-6)39-19-13(30)8(28-20(35)9(29)2-3-23)4-7(25)18(19)38-21-12(27)16(33)14(31)10(5-24)37-21/h6-19,21-22,29-34H,2-5,23-27H2,1H3,(H,28,35)/t6?,7?,8-,9+,10?,11+,12?,13?,14+,15+,16-,17?,18+,19-,21+,22+/m1/s1. The van der Waals surface area contributed by atoms with Crippen LogP contribution in [-0.2, 0) is 23.7 Å². The van der Waals surface area contributed by atoms with Crippen molar-refractivity contribution in [1.82, 2.24) is 5.32 Å². The molecule has 17 heteroatoms. The fourth-order valence-electron chi connectivity index (χ4n) is 5.02. The van der Waals surface area contributed by atoms with E-state index in [0.717, 1.165) is 0 Å². The van der Waals surface area contributed by atoms with Gasteiger partial charge in [-0.25, -0.2) is 0 Å². The summed E-state index contributed by atoms with van der Waals surface area (Å²) in [6.45, 7) is 1.44. The van der Waals surface area contributed by atoms with Gasteiger partial charge >= 0.3 is 0 Å². The molecule has 0 aromatic heterocycles. The molecule has 3 fully saturated rings. The second-order valence-electron chi connectivity index (χ2n) is 10.4. The van der Waals surface area contributed by atoms with Crippen molar-refractivity contribution in [1.29, 1.82) is 0 Å². The first-order chi connectivity index (χ1) is 18.3. The van der Waals surface area contributed by atoms with Gasteiger partial charge in [0.05, 0.1) is 24.2 Å². The Morgan fingerprint density at radius 2 is 1.51 bits per heavy atom. The molecular weight excluding hydrogens is 524 g/mol. The van der Waals surface area contributed by atoms with Crippen LogP contribution in [-0.4, -0.2) is 147 Å². The molecule has 16 atom stereocenters. The summed E-state index contributed by atoms with van der Waals surface area (Å²) in [7, 11) is 0. The van der Waals surface area contributed by atoms with Gasteiger partial charge in [0.1, 0.15) is 54.9 Å². The molecule has 3 aliphatic rings. The SMILES string of the molecule is CC1O[C@@H](O[C@@H]2C(O)[C@H](NC(=O)[C@@H](O)CCN)CC(N)[C@@H]2O[C@@H]2OC(CN)[C@H](O)[C@H](O)C2N)C(O)[C@@H](O)[C@H]1N. The summed E-state index contributed by atoms with van der Waals surface area (Å²) >= 11 is 0. The normalized spacial score (nSPS) is 47.9. The average Bonchev–Trinajstić information content (AvgIpc) is 2.90. The molecule has 6 unspecified atom stereocenters. The minimum Gasteiger partial charge on any atom is -0.388 e.